The molecule has 120 valence electrons. The Kier molecular flexibility index (Phi) is 4.74. The molecule has 0 radical (unpaired) electrons. The third-order valence-corrected chi connectivity index (χ3v) is 5.05. The maximum atomic E-state index is 13.7. The van der Waals surface area contributed by atoms with Crippen molar-refractivity contribution in [3.63, 3.8) is 0 Å². The Bertz CT molecular complexity index is 932. The van der Waals surface area contributed by atoms with Crippen LogP contribution in [-0.4, -0.2) is 15.2 Å². The van der Waals surface area contributed by atoms with Crippen LogP contribution in [0.25, 0.3) is 0 Å². The highest BCUT2D eigenvalue weighted by Crippen LogP contribution is 2.35. The predicted octanol–water partition coefficient (Wildman–Crippen LogP) is 4.46. The molecule has 0 aliphatic rings. The Labute approximate surface area is 146 Å². The molecule has 0 bridgehead atoms. The largest absolute Gasteiger partial charge is 0.328 e. The summed E-state index contributed by atoms with van der Waals surface area (Å²) in [5.41, 5.74) is 2.40. The molecule has 0 fully saturated rings. The predicted molar refractivity (Wildman–Crippen MR) is 92.1 cm³/mol. The van der Waals surface area contributed by atoms with Gasteiger partial charge in [-0.3, -0.25) is 4.98 Å². The van der Waals surface area contributed by atoms with E-state index in [1.165, 1.54) is 29.2 Å². The zero-order chi connectivity index (χ0) is 17.1. The Morgan fingerprint density at radius 1 is 1.25 bits per heavy atom. The number of benzene rings is 1. The number of rotatable bonds is 4. The third kappa shape index (κ3) is 3.53. The molecule has 1 aromatic carbocycles. The highest BCUT2D eigenvalue weighted by Gasteiger charge is 2.13. The van der Waals surface area contributed by atoms with E-state index in [1.54, 1.807) is 25.1 Å². The first-order valence-corrected chi connectivity index (χ1v) is 8.61. The van der Waals surface area contributed by atoms with Crippen LogP contribution in [0.1, 0.15) is 17.0 Å². The van der Waals surface area contributed by atoms with Crippen molar-refractivity contribution in [3.05, 3.63) is 53.1 Å². The molecular formula is C16H12FN5S2. The summed E-state index contributed by atoms with van der Waals surface area (Å²) in [7, 11) is 0. The number of pyridine rings is 1. The average molecular weight is 357 g/mol. The minimum absolute atomic E-state index is 0.346. The van der Waals surface area contributed by atoms with Crippen molar-refractivity contribution < 1.29 is 4.39 Å². The van der Waals surface area contributed by atoms with E-state index in [1.807, 2.05) is 13.0 Å². The van der Waals surface area contributed by atoms with Crippen LogP contribution >= 0.6 is 23.1 Å². The number of anilines is 2. The van der Waals surface area contributed by atoms with Gasteiger partial charge in [-0.15, -0.1) is 10.2 Å². The summed E-state index contributed by atoms with van der Waals surface area (Å²) in [6.07, 6.45) is 0. The molecule has 2 heterocycles. The molecule has 3 aromatic rings. The Morgan fingerprint density at radius 2 is 2.04 bits per heavy atom. The van der Waals surface area contributed by atoms with Gasteiger partial charge in [0.15, 0.2) is 4.34 Å². The number of nitrogens with one attached hydrogen (secondary N) is 1. The molecule has 0 saturated heterocycles. The van der Waals surface area contributed by atoms with E-state index in [0.717, 1.165) is 10.6 Å². The molecular weight excluding hydrogens is 345 g/mol. The summed E-state index contributed by atoms with van der Waals surface area (Å²) in [5, 5.41) is 20.8. The van der Waals surface area contributed by atoms with Crippen LogP contribution in [0.5, 0.6) is 0 Å². The molecule has 24 heavy (non-hydrogen) atoms. The smallest absolute Gasteiger partial charge is 0.210 e. The van der Waals surface area contributed by atoms with E-state index in [-0.39, 0.29) is 5.82 Å². The number of aryl methyl sites for hydroxylation is 2. The molecule has 0 amide bonds. The van der Waals surface area contributed by atoms with Crippen LogP contribution in [-0.2, 0) is 0 Å². The van der Waals surface area contributed by atoms with Gasteiger partial charge in [-0.2, -0.15) is 5.26 Å². The Hall–Kier alpha value is -2.50. The molecule has 1 N–H and O–H groups in total. The van der Waals surface area contributed by atoms with Gasteiger partial charge in [0, 0.05) is 10.6 Å². The summed E-state index contributed by atoms with van der Waals surface area (Å²) in [6.45, 7) is 3.68. The monoisotopic (exact) mass is 357 g/mol. The maximum absolute atomic E-state index is 13.7. The first-order chi connectivity index (χ1) is 11.6. The van der Waals surface area contributed by atoms with E-state index < -0.39 is 0 Å². The zero-order valence-electron chi connectivity index (χ0n) is 12.9. The van der Waals surface area contributed by atoms with Gasteiger partial charge in [-0.05, 0) is 32.0 Å². The number of halogens is 1. The van der Waals surface area contributed by atoms with Gasteiger partial charge in [0.1, 0.15) is 11.9 Å². The minimum Gasteiger partial charge on any atom is -0.328 e. The van der Waals surface area contributed by atoms with Crippen molar-refractivity contribution in [1.82, 2.24) is 15.2 Å². The molecule has 0 spiro atoms. The molecule has 2 aromatic heterocycles. The van der Waals surface area contributed by atoms with E-state index >= 15 is 0 Å². The second-order valence-electron chi connectivity index (χ2n) is 4.91. The van der Waals surface area contributed by atoms with Crippen LogP contribution in [0.15, 0.2) is 39.6 Å². The number of hydrogen-bond donors (Lipinski definition) is 1. The van der Waals surface area contributed by atoms with Gasteiger partial charge in [-0.1, -0.05) is 35.2 Å². The first-order valence-electron chi connectivity index (χ1n) is 6.98. The standard InChI is InChI=1S/C16H12FN5S2/c1-9-7-14(11(8-18)10(2)19-9)23-16-22-21-15(24-16)20-13-6-4-3-5-12(13)17/h3-7H,1-2H3,(H,20,21). The van der Waals surface area contributed by atoms with Gasteiger partial charge < -0.3 is 5.32 Å². The topological polar surface area (TPSA) is 74.5 Å². The summed E-state index contributed by atoms with van der Waals surface area (Å²) >= 11 is 2.65. The van der Waals surface area contributed by atoms with Crippen LogP contribution in [0.3, 0.4) is 0 Å². The minimum atomic E-state index is -0.353. The molecule has 0 aliphatic heterocycles. The normalized spacial score (nSPS) is 10.4. The van der Waals surface area contributed by atoms with Crippen molar-refractivity contribution >= 4 is 33.9 Å². The number of para-hydroxylation sites is 1. The SMILES string of the molecule is Cc1cc(Sc2nnc(Nc3ccccc3F)s2)c(C#N)c(C)n1. The van der Waals surface area contributed by atoms with Gasteiger partial charge in [-0.25, -0.2) is 4.39 Å². The molecule has 0 saturated carbocycles. The number of nitriles is 1. The number of aromatic nitrogens is 3. The van der Waals surface area contributed by atoms with E-state index in [2.05, 4.69) is 26.6 Å². The lowest BCUT2D eigenvalue weighted by Crippen LogP contribution is -1.93. The molecule has 0 aliphatic carbocycles. The lowest BCUT2D eigenvalue weighted by molar-refractivity contribution is 0.632. The first kappa shape index (κ1) is 16.4. The molecule has 0 atom stereocenters. The average Bonchev–Trinajstić information content (AvgIpc) is 2.96. The molecule has 5 nitrogen and oxygen atoms in total. The van der Waals surface area contributed by atoms with Crippen molar-refractivity contribution in [3.8, 4) is 6.07 Å². The van der Waals surface area contributed by atoms with Crippen LogP contribution < -0.4 is 5.32 Å². The second kappa shape index (κ2) is 6.95. The molecule has 0 unspecified atom stereocenters. The molecule has 3 rings (SSSR count). The fourth-order valence-electron chi connectivity index (χ4n) is 2.08. The summed E-state index contributed by atoms with van der Waals surface area (Å²) in [4.78, 5) is 5.08. The lowest BCUT2D eigenvalue weighted by Gasteiger charge is -2.05. The summed E-state index contributed by atoms with van der Waals surface area (Å²) in [5.74, 6) is -0.353. The molecule has 8 heteroatoms. The number of hydrogen-bond acceptors (Lipinski definition) is 7. The fraction of sp³-hybridized carbons (Fsp3) is 0.125. The highest BCUT2D eigenvalue weighted by atomic mass is 32.2. The highest BCUT2D eigenvalue weighted by molar-refractivity contribution is 8.01. The second-order valence-corrected chi connectivity index (χ2v) is 7.18. The van der Waals surface area contributed by atoms with Gasteiger partial charge in [0.2, 0.25) is 5.13 Å². The maximum Gasteiger partial charge on any atom is 0.210 e. The van der Waals surface area contributed by atoms with Gasteiger partial charge >= 0.3 is 0 Å². The Balaban J connectivity index is 1.83. The third-order valence-electron chi connectivity index (χ3n) is 3.12. The quantitative estimate of drug-likeness (QED) is 0.743. The van der Waals surface area contributed by atoms with E-state index in [9.17, 15) is 9.65 Å². The van der Waals surface area contributed by atoms with Crippen molar-refractivity contribution in [2.45, 2.75) is 23.1 Å². The fourth-order valence-corrected chi connectivity index (χ4v) is 4.04. The Morgan fingerprint density at radius 3 is 2.79 bits per heavy atom. The zero-order valence-corrected chi connectivity index (χ0v) is 14.5. The van der Waals surface area contributed by atoms with Crippen LogP contribution in [0.2, 0.25) is 0 Å². The van der Waals surface area contributed by atoms with E-state index in [4.69, 9.17) is 0 Å². The number of nitrogens with zero attached hydrogens (tertiary/aromatic N) is 4. The van der Waals surface area contributed by atoms with Crippen molar-refractivity contribution in [2.24, 2.45) is 0 Å². The van der Waals surface area contributed by atoms with Crippen molar-refractivity contribution in [2.75, 3.05) is 5.32 Å². The van der Waals surface area contributed by atoms with Crippen LogP contribution in [0.4, 0.5) is 15.2 Å². The van der Waals surface area contributed by atoms with Gasteiger partial charge in [0.05, 0.1) is 16.9 Å². The van der Waals surface area contributed by atoms with Gasteiger partial charge in [0.25, 0.3) is 0 Å². The summed E-state index contributed by atoms with van der Waals surface area (Å²) < 4.78 is 14.3. The van der Waals surface area contributed by atoms with Crippen LogP contribution in [0, 0.1) is 31.0 Å². The lowest BCUT2D eigenvalue weighted by atomic mass is 10.2. The summed E-state index contributed by atoms with van der Waals surface area (Å²) in [6, 6.07) is 10.4. The van der Waals surface area contributed by atoms with Crippen molar-refractivity contribution in [1.29, 1.82) is 5.26 Å². The van der Waals surface area contributed by atoms with E-state index in [0.29, 0.717) is 26.4 Å².